The van der Waals surface area contributed by atoms with Crippen molar-refractivity contribution in [1.82, 2.24) is 10.6 Å². The van der Waals surface area contributed by atoms with E-state index in [0.29, 0.717) is 13.0 Å². The Balaban J connectivity index is 0.00000280. The molecule has 0 saturated carbocycles. The molecule has 0 unspecified atom stereocenters. The first-order chi connectivity index (χ1) is 13.2. The number of amides is 1. The van der Waals surface area contributed by atoms with Crippen LogP contribution >= 0.6 is 24.0 Å². The fraction of sp³-hybridized carbons (Fsp3) is 0.364. The van der Waals surface area contributed by atoms with Crippen LogP contribution in [0.4, 0.5) is 5.69 Å². The molecule has 5 nitrogen and oxygen atoms in total. The number of aliphatic imine (C=N–C) groups is 1. The number of rotatable bonds is 5. The maximum Gasteiger partial charge on any atom is 0.226 e. The van der Waals surface area contributed by atoms with E-state index in [1.54, 1.807) is 7.05 Å². The highest BCUT2D eigenvalue weighted by Gasteiger charge is 2.19. The lowest BCUT2D eigenvalue weighted by molar-refractivity contribution is -0.119. The van der Waals surface area contributed by atoms with Crippen molar-refractivity contribution >= 4 is 41.5 Å². The maximum absolute atomic E-state index is 12.0. The van der Waals surface area contributed by atoms with E-state index < -0.39 is 0 Å². The molecule has 150 valence electrons. The van der Waals surface area contributed by atoms with Gasteiger partial charge in [0.05, 0.1) is 0 Å². The molecule has 1 aliphatic heterocycles. The summed E-state index contributed by atoms with van der Waals surface area (Å²) in [6.45, 7) is 4.33. The Morgan fingerprint density at radius 2 is 1.54 bits per heavy atom. The molecule has 0 bridgehead atoms. The minimum atomic E-state index is 0. The molecule has 3 rings (SSSR count). The summed E-state index contributed by atoms with van der Waals surface area (Å²) in [5.74, 6) is 0.999. The van der Waals surface area contributed by atoms with E-state index in [2.05, 4.69) is 58.9 Å². The van der Waals surface area contributed by atoms with Gasteiger partial charge in [-0.15, -0.1) is 24.0 Å². The van der Waals surface area contributed by atoms with Gasteiger partial charge in [0.15, 0.2) is 5.96 Å². The molecule has 0 aliphatic carbocycles. The van der Waals surface area contributed by atoms with Crippen molar-refractivity contribution < 1.29 is 4.79 Å². The third-order valence-corrected chi connectivity index (χ3v) is 4.84. The summed E-state index contributed by atoms with van der Waals surface area (Å²) in [7, 11) is 1.77. The average molecular weight is 492 g/mol. The van der Waals surface area contributed by atoms with Crippen molar-refractivity contribution in [2.45, 2.75) is 39.3 Å². The zero-order valence-corrected chi connectivity index (χ0v) is 18.9. The Bertz CT molecular complexity index is 787. The van der Waals surface area contributed by atoms with Crippen LogP contribution in [-0.4, -0.2) is 25.5 Å². The van der Waals surface area contributed by atoms with Gasteiger partial charge in [-0.3, -0.25) is 9.79 Å². The summed E-state index contributed by atoms with van der Waals surface area (Å²) in [5, 5.41) is 6.66. The van der Waals surface area contributed by atoms with Gasteiger partial charge in [-0.1, -0.05) is 42.0 Å². The van der Waals surface area contributed by atoms with E-state index in [1.807, 2.05) is 17.0 Å². The number of guanidine groups is 1. The van der Waals surface area contributed by atoms with Gasteiger partial charge in [0.1, 0.15) is 0 Å². The molecule has 1 fully saturated rings. The number of aryl methyl sites for hydroxylation is 1. The summed E-state index contributed by atoms with van der Waals surface area (Å²) in [6.07, 6.45) is 2.75. The molecule has 0 spiro atoms. The predicted octanol–water partition coefficient (Wildman–Crippen LogP) is 4.00. The van der Waals surface area contributed by atoms with Gasteiger partial charge in [-0.25, -0.2) is 0 Å². The van der Waals surface area contributed by atoms with Crippen molar-refractivity contribution in [2.75, 3.05) is 18.5 Å². The number of benzene rings is 2. The fourth-order valence-electron chi connectivity index (χ4n) is 3.17. The van der Waals surface area contributed by atoms with Crippen LogP contribution in [0.5, 0.6) is 0 Å². The van der Waals surface area contributed by atoms with Crippen LogP contribution in [0.25, 0.3) is 0 Å². The highest BCUT2D eigenvalue weighted by atomic mass is 127. The van der Waals surface area contributed by atoms with Gasteiger partial charge < -0.3 is 15.5 Å². The third-order valence-electron chi connectivity index (χ3n) is 4.84. The minimum Gasteiger partial charge on any atom is -0.352 e. The largest absolute Gasteiger partial charge is 0.352 e. The number of halogens is 1. The van der Waals surface area contributed by atoms with Gasteiger partial charge in [-0.2, -0.15) is 0 Å². The van der Waals surface area contributed by atoms with E-state index in [1.165, 1.54) is 11.1 Å². The topological polar surface area (TPSA) is 56.7 Å². The highest BCUT2D eigenvalue weighted by molar-refractivity contribution is 14.0. The zero-order chi connectivity index (χ0) is 19.1. The molecule has 0 aromatic heterocycles. The number of anilines is 1. The SMILES string of the molecule is CN=C(NCc1ccc(C)cc1)NCc1ccc(N2CCCCC2=O)cc1.I. The van der Waals surface area contributed by atoms with E-state index in [0.717, 1.165) is 43.1 Å². The van der Waals surface area contributed by atoms with Gasteiger partial charge in [0, 0.05) is 38.8 Å². The van der Waals surface area contributed by atoms with Crippen molar-refractivity contribution in [3.05, 3.63) is 65.2 Å². The van der Waals surface area contributed by atoms with E-state index in [4.69, 9.17) is 0 Å². The van der Waals surface area contributed by atoms with Crippen LogP contribution in [0.1, 0.15) is 36.0 Å². The second-order valence-electron chi connectivity index (χ2n) is 6.93. The van der Waals surface area contributed by atoms with Gasteiger partial charge >= 0.3 is 0 Å². The molecule has 28 heavy (non-hydrogen) atoms. The summed E-state index contributed by atoms with van der Waals surface area (Å²) in [5.41, 5.74) is 4.63. The molecular weight excluding hydrogens is 463 g/mol. The predicted molar refractivity (Wildman–Crippen MR) is 126 cm³/mol. The van der Waals surface area contributed by atoms with E-state index in [-0.39, 0.29) is 29.9 Å². The number of nitrogens with zero attached hydrogens (tertiary/aromatic N) is 2. The van der Waals surface area contributed by atoms with Gasteiger partial charge in [0.2, 0.25) is 5.91 Å². The number of hydrogen-bond acceptors (Lipinski definition) is 2. The number of hydrogen-bond donors (Lipinski definition) is 2. The standard InChI is InChI=1S/C22H28N4O.HI/c1-17-6-8-18(9-7-17)15-24-22(23-2)25-16-19-10-12-20(13-11-19)26-14-4-3-5-21(26)27;/h6-13H,3-5,14-16H2,1-2H3,(H2,23,24,25);1H. The van der Waals surface area contributed by atoms with Crippen LogP contribution < -0.4 is 15.5 Å². The first-order valence-corrected chi connectivity index (χ1v) is 9.55. The fourth-order valence-corrected chi connectivity index (χ4v) is 3.17. The first kappa shape index (κ1) is 22.2. The average Bonchev–Trinajstić information content (AvgIpc) is 2.70. The van der Waals surface area contributed by atoms with Crippen molar-refractivity contribution in [2.24, 2.45) is 4.99 Å². The molecule has 1 saturated heterocycles. The van der Waals surface area contributed by atoms with Crippen LogP contribution in [0.2, 0.25) is 0 Å². The molecule has 1 heterocycles. The Kier molecular flexibility index (Phi) is 8.76. The molecule has 2 aromatic carbocycles. The summed E-state index contributed by atoms with van der Waals surface area (Å²) in [6, 6.07) is 16.7. The van der Waals surface area contributed by atoms with Gasteiger partial charge in [-0.05, 0) is 43.0 Å². The van der Waals surface area contributed by atoms with Gasteiger partial charge in [0.25, 0.3) is 0 Å². The molecule has 6 heteroatoms. The van der Waals surface area contributed by atoms with Crippen molar-refractivity contribution in [3.8, 4) is 0 Å². The number of carbonyl (C=O) groups is 1. The first-order valence-electron chi connectivity index (χ1n) is 9.55. The zero-order valence-electron chi connectivity index (χ0n) is 16.6. The Hall–Kier alpha value is -2.09. The molecule has 1 amide bonds. The molecule has 0 radical (unpaired) electrons. The molecule has 1 aliphatic rings. The molecule has 2 aromatic rings. The number of nitrogens with one attached hydrogen (secondary N) is 2. The summed E-state index contributed by atoms with van der Waals surface area (Å²) in [4.78, 5) is 18.2. The monoisotopic (exact) mass is 492 g/mol. The minimum absolute atomic E-state index is 0. The quantitative estimate of drug-likeness (QED) is 0.377. The smallest absolute Gasteiger partial charge is 0.226 e. The number of piperidine rings is 1. The van der Waals surface area contributed by atoms with Crippen LogP contribution in [0, 0.1) is 6.92 Å². The van der Waals surface area contributed by atoms with Crippen molar-refractivity contribution in [3.63, 3.8) is 0 Å². The summed E-state index contributed by atoms with van der Waals surface area (Å²) < 4.78 is 0. The van der Waals surface area contributed by atoms with E-state index in [9.17, 15) is 4.79 Å². The van der Waals surface area contributed by atoms with Crippen molar-refractivity contribution in [1.29, 1.82) is 0 Å². The molecule has 0 atom stereocenters. The number of carbonyl (C=O) groups excluding carboxylic acids is 1. The van der Waals surface area contributed by atoms with Crippen LogP contribution in [-0.2, 0) is 17.9 Å². The van der Waals surface area contributed by atoms with Crippen LogP contribution in [0.3, 0.4) is 0 Å². The molecular formula is C22H29IN4O. The van der Waals surface area contributed by atoms with Crippen LogP contribution in [0.15, 0.2) is 53.5 Å². The van der Waals surface area contributed by atoms with E-state index >= 15 is 0 Å². The lowest BCUT2D eigenvalue weighted by Gasteiger charge is -2.26. The normalized spacial score (nSPS) is 14.4. The molecule has 2 N–H and O–H groups in total. The third kappa shape index (κ3) is 6.22. The summed E-state index contributed by atoms with van der Waals surface area (Å²) >= 11 is 0. The Labute approximate surface area is 184 Å². The second kappa shape index (κ2) is 11.0. The maximum atomic E-state index is 12.0. The lowest BCUT2D eigenvalue weighted by atomic mass is 10.1. The Morgan fingerprint density at radius 3 is 2.07 bits per heavy atom. The lowest BCUT2D eigenvalue weighted by Crippen LogP contribution is -2.36. The second-order valence-corrected chi connectivity index (χ2v) is 6.93. The Morgan fingerprint density at radius 1 is 0.964 bits per heavy atom. The highest BCUT2D eigenvalue weighted by Crippen LogP contribution is 2.21.